The molecule has 2 aliphatic rings. The van der Waals surface area contributed by atoms with Gasteiger partial charge in [0.05, 0.1) is 30.3 Å². The van der Waals surface area contributed by atoms with Crippen molar-refractivity contribution in [1.82, 2.24) is 0 Å². The van der Waals surface area contributed by atoms with Gasteiger partial charge in [-0.3, -0.25) is 13.2 Å². The van der Waals surface area contributed by atoms with Crippen LogP contribution >= 0.6 is 0 Å². The van der Waals surface area contributed by atoms with Gasteiger partial charge < -0.3 is 10.0 Å². The minimum Gasteiger partial charge on any atom is -0.481 e. The van der Waals surface area contributed by atoms with Crippen molar-refractivity contribution in [3.63, 3.8) is 0 Å². The molecule has 3 aromatic rings. The van der Waals surface area contributed by atoms with Crippen LogP contribution in [0, 0.1) is 0 Å². The number of hydrogen-bond donors (Lipinski definition) is 1. The summed E-state index contributed by atoms with van der Waals surface area (Å²) in [7, 11) is -5.13. The number of allylic oxidation sites excluding steroid dienone is 4. The van der Waals surface area contributed by atoms with Gasteiger partial charge in [0, 0.05) is 53.0 Å². The van der Waals surface area contributed by atoms with Crippen LogP contribution in [0.3, 0.4) is 0 Å². The molecule has 0 fully saturated rings. The first-order valence-corrected chi connectivity index (χ1v) is 23.0. The Morgan fingerprint density at radius 1 is 0.825 bits per heavy atom. The number of anilines is 2. The van der Waals surface area contributed by atoms with Gasteiger partial charge in [0.15, 0.2) is 5.71 Å². The smallest absolute Gasteiger partial charge is 0.303 e. The van der Waals surface area contributed by atoms with Gasteiger partial charge in [0.25, 0.3) is 20.2 Å². The Labute approximate surface area is 342 Å². The van der Waals surface area contributed by atoms with E-state index in [9.17, 15) is 21.6 Å². The number of aliphatic carboxylic acids is 1. The molecule has 0 bridgehead atoms. The molecule has 2 aliphatic heterocycles. The van der Waals surface area contributed by atoms with Crippen LogP contribution in [0.2, 0.25) is 0 Å². The van der Waals surface area contributed by atoms with Gasteiger partial charge in [-0.15, -0.1) is 0 Å². The maximum atomic E-state index is 12.7. The number of rotatable bonds is 17. The van der Waals surface area contributed by atoms with E-state index in [-0.39, 0.29) is 17.1 Å². The molecule has 1 N–H and O–H groups in total. The minimum atomic E-state index is -3.91. The third-order valence-electron chi connectivity index (χ3n) is 10.3. The fourth-order valence-corrected chi connectivity index (χ4v) is 8.88. The van der Waals surface area contributed by atoms with Gasteiger partial charge in [-0.05, 0) is 88.4 Å². The van der Waals surface area contributed by atoms with Crippen molar-refractivity contribution >= 4 is 49.0 Å². The van der Waals surface area contributed by atoms with Crippen molar-refractivity contribution in [2.45, 2.75) is 116 Å². The molecule has 312 valence electrons. The van der Waals surface area contributed by atoms with E-state index < -0.39 is 37.0 Å². The van der Waals surface area contributed by atoms with E-state index in [0.717, 1.165) is 59.5 Å². The molecule has 0 saturated heterocycles. The fraction of sp³-hybridized carbons (Fsp3) is 0.467. The summed E-state index contributed by atoms with van der Waals surface area (Å²) in [6, 6.07) is 23.6. The van der Waals surface area contributed by atoms with Crippen LogP contribution in [0.25, 0.3) is 0 Å². The highest BCUT2D eigenvalue weighted by Crippen LogP contribution is 2.53. The van der Waals surface area contributed by atoms with Gasteiger partial charge in [-0.2, -0.15) is 21.4 Å². The summed E-state index contributed by atoms with van der Waals surface area (Å²) >= 11 is 0. The average molecular weight is 824 g/mol. The quantitative estimate of drug-likeness (QED) is 0.0803. The van der Waals surface area contributed by atoms with Crippen molar-refractivity contribution in [1.29, 1.82) is 0 Å². The third-order valence-corrected chi connectivity index (χ3v) is 12.9. The Balaban J connectivity index is 0.00000166. The predicted molar refractivity (Wildman–Crippen MR) is 231 cm³/mol. The van der Waals surface area contributed by atoms with Gasteiger partial charge in [-0.25, -0.2) is 0 Å². The SMILES string of the molecule is CC.CCC.COS(=O)(=O)CCCCC1(C)/C(=C\C=C\C2=[N+](CCCCCC(=O)O)c3ccc(S(=O)(=O)OC)cc3C2(C)C)N(c2ccccc2)c2ccccc21. The van der Waals surface area contributed by atoms with E-state index in [1.54, 1.807) is 12.1 Å². The summed E-state index contributed by atoms with van der Waals surface area (Å²) in [6.07, 6.45) is 11.6. The molecule has 0 saturated carbocycles. The second-order valence-electron chi connectivity index (χ2n) is 14.7. The first-order chi connectivity index (χ1) is 27.1. The summed E-state index contributed by atoms with van der Waals surface area (Å²) < 4.78 is 61.3. The zero-order valence-electron chi connectivity index (χ0n) is 35.2. The van der Waals surface area contributed by atoms with Gasteiger partial charge >= 0.3 is 5.97 Å². The number of fused-ring (bicyclic) bond motifs is 2. The molecule has 0 aliphatic carbocycles. The number of para-hydroxylation sites is 2. The monoisotopic (exact) mass is 823 g/mol. The van der Waals surface area contributed by atoms with Gasteiger partial charge in [0.2, 0.25) is 5.69 Å². The van der Waals surface area contributed by atoms with Crippen LogP contribution in [-0.4, -0.2) is 64.7 Å². The topological polar surface area (TPSA) is 130 Å². The van der Waals surface area contributed by atoms with Gasteiger partial charge in [0.1, 0.15) is 6.54 Å². The molecule has 0 spiro atoms. The normalized spacial score (nSPS) is 17.8. The highest BCUT2D eigenvalue weighted by Gasteiger charge is 2.46. The Kier molecular flexibility index (Phi) is 17.5. The summed E-state index contributed by atoms with van der Waals surface area (Å²) in [4.78, 5) is 13.5. The number of nitrogens with zero attached hydrogens (tertiary/aromatic N) is 2. The van der Waals surface area contributed by atoms with Crippen LogP contribution in [0.1, 0.15) is 111 Å². The van der Waals surface area contributed by atoms with E-state index in [0.29, 0.717) is 32.2 Å². The van der Waals surface area contributed by atoms with Crippen molar-refractivity contribution in [3.8, 4) is 0 Å². The van der Waals surface area contributed by atoms with Crippen LogP contribution in [0.15, 0.2) is 102 Å². The number of unbranched alkanes of at least 4 members (excludes halogenated alkanes) is 3. The molecular formula is C45H63N2O8S2+. The van der Waals surface area contributed by atoms with Crippen molar-refractivity contribution < 1.29 is 39.7 Å². The maximum absolute atomic E-state index is 12.7. The molecule has 2 heterocycles. The van der Waals surface area contributed by atoms with E-state index >= 15 is 0 Å². The number of carboxylic acids is 1. The highest BCUT2D eigenvalue weighted by molar-refractivity contribution is 7.87. The summed E-state index contributed by atoms with van der Waals surface area (Å²) in [5.74, 6) is -0.857. The van der Waals surface area contributed by atoms with E-state index in [4.69, 9.17) is 13.5 Å². The zero-order chi connectivity index (χ0) is 42.4. The molecule has 0 radical (unpaired) electrons. The Hall–Kier alpha value is -4.10. The second kappa shape index (κ2) is 21.1. The first-order valence-electron chi connectivity index (χ1n) is 20.0. The van der Waals surface area contributed by atoms with E-state index in [1.807, 2.05) is 50.2 Å². The maximum Gasteiger partial charge on any atom is 0.303 e. The molecule has 0 aromatic heterocycles. The average Bonchev–Trinajstić information content (AvgIpc) is 3.57. The predicted octanol–water partition coefficient (Wildman–Crippen LogP) is 10.2. The number of hydrogen-bond acceptors (Lipinski definition) is 8. The molecule has 57 heavy (non-hydrogen) atoms. The molecule has 0 amide bonds. The zero-order valence-corrected chi connectivity index (χ0v) is 36.9. The molecule has 1 atom stereocenters. The van der Waals surface area contributed by atoms with Crippen LogP contribution in [0.5, 0.6) is 0 Å². The van der Waals surface area contributed by atoms with Crippen LogP contribution in [0.4, 0.5) is 17.1 Å². The lowest BCUT2D eigenvalue weighted by Crippen LogP contribution is -2.28. The fourth-order valence-electron chi connectivity index (χ4n) is 7.47. The number of benzene rings is 3. The summed E-state index contributed by atoms with van der Waals surface area (Å²) in [6.45, 7) is 15.2. The first kappa shape index (κ1) is 47.3. The van der Waals surface area contributed by atoms with Crippen molar-refractivity contribution in [3.05, 3.63) is 108 Å². The molecule has 5 rings (SSSR count). The van der Waals surface area contributed by atoms with Crippen molar-refractivity contribution in [2.75, 3.05) is 31.4 Å². The minimum absolute atomic E-state index is 0.0456. The Morgan fingerprint density at radius 2 is 1.47 bits per heavy atom. The summed E-state index contributed by atoms with van der Waals surface area (Å²) in [5, 5.41) is 9.13. The van der Waals surface area contributed by atoms with E-state index in [2.05, 4.69) is 86.6 Å². The lowest BCUT2D eigenvalue weighted by molar-refractivity contribution is -0.438. The van der Waals surface area contributed by atoms with Gasteiger partial charge in [-0.1, -0.05) is 83.0 Å². The van der Waals surface area contributed by atoms with Crippen LogP contribution in [-0.2, 0) is 44.2 Å². The van der Waals surface area contributed by atoms with Crippen LogP contribution < -0.4 is 4.90 Å². The molecular weight excluding hydrogens is 761 g/mol. The molecule has 3 aromatic carbocycles. The van der Waals surface area contributed by atoms with E-state index in [1.165, 1.54) is 13.5 Å². The largest absolute Gasteiger partial charge is 0.481 e. The molecule has 12 heteroatoms. The Bertz CT molecular complexity index is 2120. The standard InChI is InChI=1S/C40H48N2O8S2.C3H8.C2H6/c1-39(2)33-29-31(52(47,48)50-5)24-25-34(33)41(27-14-7-10-23-38(43)44)36(39)21-16-22-37-40(3,26-13-15-28-51(45,46)49-4)32-19-11-12-20-35(32)42(37)30-17-8-6-9-18-30;1-3-2;1-2/h6,8-9,11-12,16-22,24-25,29H,7,10,13-15,23,26-28H2,1-5H3;3H2,1-2H3;1-2H3/p+1. The summed E-state index contributed by atoms with van der Waals surface area (Å²) in [5.41, 5.74) is 6.01. The number of carbonyl (C=O) groups is 1. The number of carboxylic acid groups (broad SMARTS) is 1. The lowest BCUT2D eigenvalue weighted by Gasteiger charge is -2.30. The Morgan fingerprint density at radius 3 is 2.11 bits per heavy atom. The second-order valence-corrected chi connectivity index (χ2v) is 18.3. The highest BCUT2D eigenvalue weighted by atomic mass is 32.2. The molecule has 1 unspecified atom stereocenters. The van der Waals surface area contributed by atoms with Crippen molar-refractivity contribution in [2.24, 2.45) is 0 Å². The third kappa shape index (κ3) is 11.3. The molecule has 10 nitrogen and oxygen atoms in total. The lowest BCUT2D eigenvalue weighted by atomic mass is 9.77.